The zero-order valence-corrected chi connectivity index (χ0v) is 8.75. The Balaban J connectivity index is 0.000000396. The van der Waals surface area contributed by atoms with Gasteiger partial charge in [-0.25, -0.2) is 0 Å². The molecule has 1 N–H and O–H groups in total. The van der Waals surface area contributed by atoms with Gasteiger partial charge in [0, 0.05) is 12.0 Å². The minimum atomic E-state index is 0.734. The van der Waals surface area contributed by atoms with Crippen molar-refractivity contribution in [2.75, 3.05) is 7.05 Å². The standard InChI is InChI=1S/C10H13N.C2H6/c1-11-10-7-9(10)8-5-3-2-4-6-8;1-2/h2-6,9-11H,7H2,1H3;1-2H3. The number of rotatable bonds is 2. The lowest BCUT2D eigenvalue weighted by molar-refractivity contribution is 0.783. The van der Waals surface area contributed by atoms with Crippen LogP contribution in [0.15, 0.2) is 30.3 Å². The summed E-state index contributed by atoms with van der Waals surface area (Å²) in [4.78, 5) is 0. The van der Waals surface area contributed by atoms with Gasteiger partial charge in [0.1, 0.15) is 0 Å². The highest BCUT2D eigenvalue weighted by atomic mass is 14.9. The van der Waals surface area contributed by atoms with E-state index < -0.39 is 0 Å². The van der Waals surface area contributed by atoms with Crippen molar-refractivity contribution in [3.63, 3.8) is 0 Å². The summed E-state index contributed by atoms with van der Waals surface area (Å²) in [5, 5.41) is 3.29. The topological polar surface area (TPSA) is 12.0 Å². The molecule has 72 valence electrons. The van der Waals surface area contributed by atoms with Gasteiger partial charge in [-0.05, 0) is 19.0 Å². The van der Waals surface area contributed by atoms with Crippen molar-refractivity contribution < 1.29 is 0 Å². The van der Waals surface area contributed by atoms with Gasteiger partial charge in [0.2, 0.25) is 0 Å². The van der Waals surface area contributed by atoms with Crippen LogP contribution in [0.2, 0.25) is 0 Å². The molecule has 0 radical (unpaired) electrons. The number of hydrogen-bond donors (Lipinski definition) is 1. The Hall–Kier alpha value is -0.820. The molecule has 0 spiro atoms. The zero-order chi connectivity index (χ0) is 9.68. The van der Waals surface area contributed by atoms with Gasteiger partial charge in [0.05, 0.1) is 0 Å². The van der Waals surface area contributed by atoms with E-state index in [1.807, 2.05) is 20.9 Å². The zero-order valence-electron chi connectivity index (χ0n) is 8.75. The summed E-state index contributed by atoms with van der Waals surface area (Å²) in [6.45, 7) is 4.00. The SMILES string of the molecule is CC.CNC1CC1c1ccccc1. The van der Waals surface area contributed by atoms with E-state index >= 15 is 0 Å². The van der Waals surface area contributed by atoms with E-state index in [0.29, 0.717) is 0 Å². The van der Waals surface area contributed by atoms with E-state index in [-0.39, 0.29) is 0 Å². The molecular formula is C12H19N. The number of nitrogens with one attached hydrogen (secondary N) is 1. The van der Waals surface area contributed by atoms with E-state index in [2.05, 4.69) is 35.6 Å². The lowest BCUT2D eigenvalue weighted by Gasteiger charge is -1.97. The Morgan fingerprint density at radius 3 is 2.23 bits per heavy atom. The van der Waals surface area contributed by atoms with Crippen molar-refractivity contribution in [2.45, 2.75) is 32.2 Å². The molecule has 0 heterocycles. The van der Waals surface area contributed by atoms with Crippen molar-refractivity contribution in [1.82, 2.24) is 5.32 Å². The van der Waals surface area contributed by atoms with Gasteiger partial charge in [-0.2, -0.15) is 0 Å². The molecule has 13 heavy (non-hydrogen) atoms. The van der Waals surface area contributed by atoms with Crippen LogP contribution >= 0.6 is 0 Å². The van der Waals surface area contributed by atoms with Crippen LogP contribution in [0.1, 0.15) is 31.7 Å². The predicted octanol–water partition coefficient (Wildman–Crippen LogP) is 2.79. The van der Waals surface area contributed by atoms with Crippen molar-refractivity contribution in [1.29, 1.82) is 0 Å². The van der Waals surface area contributed by atoms with Crippen LogP contribution in [0.5, 0.6) is 0 Å². The molecule has 0 aromatic heterocycles. The third-order valence-corrected chi connectivity index (χ3v) is 2.39. The van der Waals surface area contributed by atoms with E-state index in [1.165, 1.54) is 12.0 Å². The minimum Gasteiger partial charge on any atom is -0.316 e. The number of benzene rings is 1. The first kappa shape index (κ1) is 10.3. The molecule has 1 heteroatoms. The van der Waals surface area contributed by atoms with Crippen LogP contribution in [-0.2, 0) is 0 Å². The van der Waals surface area contributed by atoms with Crippen molar-refractivity contribution in [2.24, 2.45) is 0 Å². The molecule has 1 nitrogen and oxygen atoms in total. The van der Waals surface area contributed by atoms with E-state index in [9.17, 15) is 0 Å². The Kier molecular flexibility index (Phi) is 3.97. The fraction of sp³-hybridized carbons (Fsp3) is 0.500. The summed E-state index contributed by atoms with van der Waals surface area (Å²) in [5.74, 6) is 0.779. The Labute approximate surface area is 81.2 Å². The molecule has 2 rings (SSSR count). The monoisotopic (exact) mass is 177 g/mol. The fourth-order valence-electron chi connectivity index (χ4n) is 1.58. The Morgan fingerprint density at radius 2 is 1.77 bits per heavy atom. The molecule has 0 bridgehead atoms. The van der Waals surface area contributed by atoms with Gasteiger partial charge in [-0.3, -0.25) is 0 Å². The van der Waals surface area contributed by atoms with Crippen molar-refractivity contribution >= 4 is 0 Å². The summed E-state index contributed by atoms with van der Waals surface area (Å²) in [5.41, 5.74) is 1.48. The van der Waals surface area contributed by atoms with E-state index in [0.717, 1.165) is 12.0 Å². The van der Waals surface area contributed by atoms with Gasteiger partial charge >= 0.3 is 0 Å². The highest BCUT2D eigenvalue weighted by Gasteiger charge is 2.36. The van der Waals surface area contributed by atoms with Crippen molar-refractivity contribution in [3.05, 3.63) is 35.9 Å². The second-order valence-electron chi connectivity index (χ2n) is 3.15. The highest BCUT2D eigenvalue weighted by Crippen LogP contribution is 2.39. The summed E-state index contributed by atoms with van der Waals surface area (Å²) in [7, 11) is 2.04. The largest absolute Gasteiger partial charge is 0.316 e. The second-order valence-corrected chi connectivity index (χ2v) is 3.15. The average molecular weight is 177 g/mol. The van der Waals surface area contributed by atoms with E-state index in [1.54, 1.807) is 0 Å². The number of hydrogen-bond acceptors (Lipinski definition) is 1. The lowest BCUT2D eigenvalue weighted by atomic mass is 10.1. The molecular weight excluding hydrogens is 158 g/mol. The minimum absolute atomic E-state index is 0.734. The molecule has 1 saturated carbocycles. The number of likely N-dealkylation sites (N-methyl/N-ethyl adjacent to an activating group) is 1. The molecule has 1 aliphatic rings. The maximum atomic E-state index is 3.29. The fourth-order valence-corrected chi connectivity index (χ4v) is 1.58. The maximum absolute atomic E-state index is 3.29. The third kappa shape index (κ3) is 2.56. The van der Waals surface area contributed by atoms with Crippen LogP contribution in [0.3, 0.4) is 0 Å². The first-order valence-corrected chi connectivity index (χ1v) is 5.14. The molecule has 1 aromatic rings. The first-order valence-electron chi connectivity index (χ1n) is 5.14. The molecule has 1 aromatic carbocycles. The average Bonchev–Trinajstić information content (AvgIpc) is 3.01. The van der Waals surface area contributed by atoms with Crippen LogP contribution in [0, 0.1) is 0 Å². The Bertz CT molecular complexity index is 230. The first-order chi connectivity index (χ1) is 6.42. The van der Waals surface area contributed by atoms with Gasteiger partial charge in [-0.1, -0.05) is 44.2 Å². The van der Waals surface area contributed by atoms with Gasteiger partial charge in [0.15, 0.2) is 0 Å². The third-order valence-electron chi connectivity index (χ3n) is 2.39. The smallest absolute Gasteiger partial charge is 0.0140 e. The van der Waals surface area contributed by atoms with Crippen LogP contribution in [-0.4, -0.2) is 13.1 Å². The van der Waals surface area contributed by atoms with Crippen molar-refractivity contribution in [3.8, 4) is 0 Å². The highest BCUT2D eigenvalue weighted by molar-refractivity contribution is 5.27. The van der Waals surface area contributed by atoms with Gasteiger partial charge < -0.3 is 5.32 Å². The quantitative estimate of drug-likeness (QED) is 0.732. The van der Waals surface area contributed by atoms with E-state index in [4.69, 9.17) is 0 Å². The Morgan fingerprint density at radius 1 is 1.15 bits per heavy atom. The van der Waals surface area contributed by atoms with Crippen LogP contribution in [0.25, 0.3) is 0 Å². The summed E-state index contributed by atoms with van der Waals surface area (Å²) in [6, 6.07) is 11.4. The molecule has 2 atom stereocenters. The maximum Gasteiger partial charge on any atom is 0.0140 e. The molecule has 0 saturated heterocycles. The van der Waals surface area contributed by atoms with Gasteiger partial charge in [0.25, 0.3) is 0 Å². The second kappa shape index (κ2) is 5.03. The lowest BCUT2D eigenvalue weighted by Crippen LogP contribution is -2.09. The van der Waals surface area contributed by atoms with Crippen LogP contribution < -0.4 is 5.32 Å². The van der Waals surface area contributed by atoms with Crippen LogP contribution in [0.4, 0.5) is 0 Å². The molecule has 0 amide bonds. The normalized spacial score (nSPS) is 24.5. The molecule has 2 unspecified atom stereocenters. The van der Waals surface area contributed by atoms with Gasteiger partial charge in [-0.15, -0.1) is 0 Å². The molecule has 1 aliphatic carbocycles. The summed E-state index contributed by atoms with van der Waals surface area (Å²) >= 11 is 0. The summed E-state index contributed by atoms with van der Waals surface area (Å²) < 4.78 is 0. The molecule has 0 aliphatic heterocycles. The predicted molar refractivity (Wildman–Crippen MR) is 58.0 cm³/mol. The molecule has 1 fully saturated rings. The summed E-state index contributed by atoms with van der Waals surface area (Å²) in [6.07, 6.45) is 1.31.